The van der Waals surface area contributed by atoms with Crippen LogP contribution in [-0.4, -0.2) is 37.2 Å². The fraction of sp³-hybridized carbons (Fsp3) is 0.694. The minimum atomic E-state index is -0.785. The van der Waals surface area contributed by atoms with Gasteiger partial charge in [-0.15, -0.1) is 0 Å². The summed E-state index contributed by atoms with van der Waals surface area (Å²) in [4.78, 5) is 37.4. The SMILES string of the molecule is CC/C=C\C/C=C\C/C=C\C/C=C\C/C=C\C/C=C\CCCCC(=O)OCC(COC(=O)CCCCCCC)OC(=O)CCCCCCCCCCCCC. The van der Waals surface area contributed by atoms with Gasteiger partial charge in [-0.3, -0.25) is 14.4 Å². The Kier molecular flexibility index (Phi) is 41.1. The molecule has 0 aliphatic carbocycles. The van der Waals surface area contributed by atoms with Gasteiger partial charge in [0.25, 0.3) is 0 Å². The van der Waals surface area contributed by atoms with Crippen LogP contribution in [-0.2, 0) is 28.6 Å². The molecule has 1 unspecified atom stereocenters. The summed E-state index contributed by atoms with van der Waals surface area (Å²) in [6, 6.07) is 0. The molecule has 55 heavy (non-hydrogen) atoms. The summed E-state index contributed by atoms with van der Waals surface area (Å²) in [6.07, 6.45) is 53.5. The molecule has 0 amide bonds. The first-order valence-electron chi connectivity index (χ1n) is 22.4. The molecular formula is C49H82O6. The molecule has 0 aromatic heterocycles. The number of esters is 3. The van der Waals surface area contributed by atoms with Crippen LogP contribution in [0.3, 0.4) is 0 Å². The summed E-state index contributed by atoms with van der Waals surface area (Å²) in [5.41, 5.74) is 0. The summed E-state index contributed by atoms with van der Waals surface area (Å²) in [7, 11) is 0. The Bertz CT molecular complexity index is 1070. The highest BCUT2D eigenvalue weighted by Gasteiger charge is 2.19. The lowest BCUT2D eigenvalue weighted by molar-refractivity contribution is -0.167. The number of carbonyl (C=O) groups is 3. The molecule has 0 aromatic rings. The molecule has 0 aromatic carbocycles. The molecule has 0 radical (unpaired) electrons. The Labute approximate surface area is 338 Å². The maximum absolute atomic E-state index is 12.6. The van der Waals surface area contributed by atoms with Gasteiger partial charge in [0.05, 0.1) is 0 Å². The molecule has 0 saturated carbocycles. The van der Waals surface area contributed by atoms with Crippen LogP contribution < -0.4 is 0 Å². The second-order valence-corrected chi connectivity index (χ2v) is 14.6. The number of carbonyl (C=O) groups excluding carboxylic acids is 3. The van der Waals surface area contributed by atoms with Crippen LogP contribution in [0, 0.1) is 0 Å². The second kappa shape index (κ2) is 43.6. The van der Waals surface area contributed by atoms with Crippen LogP contribution >= 0.6 is 0 Å². The topological polar surface area (TPSA) is 78.9 Å². The monoisotopic (exact) mass is 767 g/mol. The third-order valence-electron chi connectivity index (χ3n) is 9.23. The Hall–Kier alpha value is -3.15. The number of hydrogen-bond acceptors (Lipinski definition) is 6. The number of allylic oxidation sites excluding steroid dienone is 12. The highest BCUT2D eigenvalue weighted by atomic mass is 16.6. The fourth-order valence-electron chi connectivity index (χ4n) is 5.85. The third kappa shape index (κ3) is 41.8. The molecule has 0 heterocycles. The highest BCUT2D eigenvalue weighted by Crippen LogP contribution is 2.13. The lowest BCUT2D eigenvalue weighted by Crippen LogP contribution is -2.30. The first kappa shape index (κ1) is 51.9. The fourth-order valence-corrected chi connectivity index (χ4v) is 5.85. The molecule has 1 atom stereocenters. The van der Waals surface area contributed by atoms with E-state index in [0.29, 0.717) is 19.3 Å². The molecule has 0 N–H and O–H groups in total. The molecule has 0 aliphatic heterocycles. The van der Waals surface area contributed by atoms with Gasteiger partial charge in [0.1, 0.15) is 13.2 Å². The van der Waals surface area contributed by atoms with Crippen molar-refractivity contribution in [3.63, 3.8) is 0 Å². The second-order valence-electron chi connectivity index (χ2n) is 14.6. The highest BCUT2D eigenvalue weighted by molar-refractivity contribution is 5.71. The van der Waals surface area contributed by atoms with Gasteiger partial charge in [0.15, 0.2) is 6.10 Å². The van der Waals surface area contributed by atoms with Gasteiger partial charge < -0.3 is 14.2 Å². The summed E-state index contributed by atoms with van der Waals surface area (Å²) in [5, 5.41) is 0. The Balaban J connectivity index is 4.29. The van der Waals surface area contributed by atoms with E-state index in [-0.39, 0.29) is 31.1 Å². The number of ether oxygens (including phenoxy) is 3. The third-order valence-corrected chi connectivity index (χ3v) is 9.23. The molecule has 0 rings (SSSR count). The molecule has 6 nitrogen and oxygen atoms in total. The lowest BCUT2D eigenvalue weighted by atomic mass is 10.1. The van der Waals surface area contributed by atoms with Gasteiger partial charge in [-0.2, -0.15) is 0 Å². The van der Waals surface area contributed by atoms with Gasteiger partial charge >= 0.3 is 17.9 Å². The van der Waals surface area contributed by atoms with Crippen LogP contribution in [0.25, 0.3) is 0 Å². The van der Waals surface area contributed by atoms with E-state index in [9.17, 15) is 14.4 Å². The van der Waals surface area contributed by atoms with E-state index in [4.69, 9.17) is 14.2 Å². The minimum Gasteiger partial charge on any atom is -0.462 e. The number of rotatable bonds is 39. The molecular weight excluding hydrogens is 685 g/mol. The van der Waals surface area contributed by atoms with E-state index in [0.717, 1.165) is 103 Å². The average Bonchev–Trinajstić information content (AvgIpc) is 3.18. The van der Waals surface area contributed by atoms with Crippen LogP contribution in [0.5, 0.6) is 0 Å². The van der Waals surface area contributed by atoms with Crippen molar-refractivity contribution >= 4 is 17.9 Å². The standard InChI is InChI=1S/C49H82O6/c1-4-7-10-13-15-17-19-20-21-22-23-24-25-26-27-28-30-31-33-36-39-42-48(51)54-45-46(44-53-47(50)41-38-35-12-9-6-3)55-49(52)43-40-37-34-32-29-18-16-14-11-8-5-2/h7,10,15,17,20-21,23-24,26-27,30-31,46H,4-6,8-9,11-14,16,18-19,22,25,28-29,32-45H2,1-3H3/b10-7-,17-15-,21-20-,24-23-,27-26-,31-30-. The van der Waals surface area contributed by atoms with Crippen molar-refractivity contribution in [1.82, 2.24) is 0 Å². The molecule has 6 heteroatoms. The van der Waals surface area contributed by atoms with Crippen molar-refractivity contribution in [3.8, 4) is 0 Å². The predicted molar refractivity (Wildman–Crippen MR) is 233 cm³/mol. The Morgan fingerprint density at radius 2 is 0.709 bits per heavy atom. The number of unbranched alkanes of at least 4 members (excludes halogenated alkanes) is 16. The zero-order chi connectivity index (χ0) is 40.1. The Morgan fingerprint density at radius 3 is 1.11 bits per heavy atom. The van der Waals surface area contributed by atoms with E-state index in [2.05, 4.69) is 93.7 Å². The zero-order valence-electron chi connectivity index (χ0n) is 35.7. The van der Waals surface area contributed by atoms with Gasteiger partial charge in [-0.05, 0) is 70.6 Å². The molecule has 0 spiro atoms. The lowest BCUT2D eigenvalue weighted by Gasteiger charge is -2.18. The van der Waals surface area contributed by atoms with Gasteiger partial charge in [0.2, 0.25) is 0 Å². The van der Waals surface area contributed by atoms with Crippen molar-refractivity contribution in [2.75, 3.05) is 13.2 Å². The summed E-state index contributed by atoms with van der Waals surface area (Å²) in [5.74, 6) is -0.955. The van der Waals surface area contributed by atoms with Gasteiger partial charge in [0, 0.05) is 19.3 Å². The summed E-state index contributed by atoms with van der Waals surface area (Å²) in [6.45, 7) is 6.37. The van der Waals surface area contributed by atoms with Crippen LogP contribution in [0.1, 0.15) is 201 Å². The number of hydrogen-bond donors (Lipinski definition) is 0. The normalized spacial score (nSPS) is 12.7. The first-order chi connectivity index (χ1) is 27.0. The smallest absolute Gasteiger partial charge is 0.306 e. The van der Waals surface area contributed by atoms with Crippen LogP contribution in [0.15, 0.2) is 72.9 Å². The van der Waals surface area contributed by atoms with E-state index >= 15 is 0 Å². The van der Waals surface area contributed by atoms with Crippen LogP contribution in [0.4, 0.5) is 0 Å². The molecule has 0 bridgehead atoms. The van der Waals surface area contributed by atoms with E-state index in [1.54, 1.807) is 0 Å². The van der Waals surface area contributed by atoms with Crippen molar-refractivity contribution in [2.45, 2.75) is 207 Å². The van der Waals surface area contributed by atoms with Crippen molar-refractivity contribution in [3.05, 3.63) is 72.9 Å². The predicted octanol–water partition coefficient (Wildman–Crippen LogP) is 14.3. The molecule has 0 fully saturated rings. The van der Waals surface area contributed by atoms with E-state index in [1.165, 1.54) is 57.8 Å². The van der Waals surface area contributed by atoms with Crippen molar-refractivity contribution in [1.29, 1.82) is 0 Å². The van der Waals surface area contributed by atoms with Crippen LogP contribution in [0.2, 0.25) is 0 Å². The van der Waals surface area contributed by atoms with E-state index < -0.39 is 6.10 Å². The molecule has 0 saturated heterocycles. The summed E-state index contributed by atoms with van der Waals surface area (Å²) < 4.78 is 16.5. The molecule has 0 aliphatic rings. The van der Waals surface area contributed by atoms with Crippen molar-refractivity contribution < 1.29 is 28.6 Å². The first-order valence-corrected chi connectivity index (χ1v) is 22.4. The zero-order valence-corrected chi connectivity index (χ0v) is 35.7. The summed E-state index contributed by atoms with van der Waals surface area (Å²) >= 11 is 0. The van der Waals surface area contributed by atoms with E-state index in [1.807, 2.05) is 0 Å². The van der Waals surface area contributed by atoms with Crippen molar-refractivity contribution in [2.24, 2.45) is 0 Å². The average molecular weight is 767 g/mol. The Morgan fingerprint density at radius 1 is 0.382 bits per heavy atom. The minimum absolute atomic E-state index is 0.0895. The quantitative estimate of drug-likeness (QED) is 0.0268. The van der Waals surface area contributed by atoms with Gasteiger partial charge in [-0.1, -0.05) is 184 Å². The maximum Gasteiger partial charge on any atom is 0.306 e. The largest absolute Gasteiger partial charge is 0.462 e. The maximum atomic E-state index is 12.6. The van der Waals surface area contributed by atoms with Gasteiger partial charge in [-0.25, -0.2) is 0 Å². The molecule has 314 valence electrons.